The molecule has 8 nitrogen and oxygen atoms in total. The lowest BCUT2D eigenvalue weighted by atomic mass is 9.88. The average Bonchev–Trinajstić information content (AvgIpc) is 2.92. The van der Waals surface area contributed by atoms with Crippen LogP contribution in [0.25, 0.3) is 0 Å². The largest absolute Gasteiger partial charge is 0.467 e. The normalized spacial score (nSPS) is 18.9. The molecule has 2 saturated heterocycles. The standard InChI is InChI=1S/C28H37N3O5/c1-20(32)26(28(34)35-2)29-27(33)24-7-9-25(10-8-24)31-13-11-23(12-14-31)22-5-3-21(4-6-22)19-30-15-17-36-18-16-30/h3-10,20,23,26,32H,11-19H2,1-2H3,(H,29,33)/t20-,26+/m1/s1. The monoisotopic (exact) mass is 495 g/mol. The molecule has 2 aromatic rings. The van der Waals surface area contributed by atoms with Gasteiger partial charge in [0.25, 0.3) is 5.91 Å². The number of esters is 1. The van der Waals surface area contributed by atoms with Crippen molar-refractivity contribution in [3.8, 4) is 0 Å². The topological polar surface area (TPSA) is 91.3 Å². The van der Waals surface area contributed by atoms with E-state index in [0.717, 1.165) is 64.5 Å². The van der Waals surface area contributed by atoms with Gasteiger partial charge in [0.05, 0.1) is 26.4 Å². The number of rotatable bonds is 8. The summed E-state index contributed by atoms with van der Waals surface area (Å²) in [5, 5.41) is 12.3. The zero-order valence-electron chi connectivity index (χ0n) is 21.2. The fourth-order valence-corrected chi connectivity index (χ4v) is 4.94. The molecule has 2 fully saturated rings. The van der Waals surface area contributed by atoms with Gasteiger partial charge in [-0.1, -0.05) is 24.3 Å². The third kappa shape index (κ3) is 6.63. The van der Waals surface area contributed by atoms with Gasteiger partial charge in [-0.2, -0.15) is 0 Å². The number of nitrogens with one attached hydrogen (secondary N) is 1. The average molecular weight is 496 g/mol. The lowest BCUT2D eigenvalue weighted by Gasteiger charge is -2.34. The smallest absolute Gasteiger partial charge is 0.331 e. The van der Waals surface area contributed by atoms with Crippen LogP contribution in [0.2, 0.25) is 0 Å². The third-order valence-corrected chi connectivity index (χ3v) is 7.17. The summed E-state index contributed by atoms with van der Waals surface area (Å²) in [4.78, 5) is 29.1. The Balaban J connectivity index is 1.28. The lowest BCUT2D eigenvalue weighted by molar-refractivity contribution is -0.145. The van der Waals surface area contributed by atoms with Gasteiger partial charge in [0, 0.05) is 44.0 Å². The van der Waals surface area contributed by atoms with Gasteiger partial charge in [-0.3, -0.25) is 9.69 Å². The van der Waals surface area contributed by atoms with Crippen molar-refractivity contribution in [3.05, 3.63) is 65.2 Å². The second-order valence-corrected chi connectivity index (χ2v) is 9.65. The molecule has 2 aliphatic rings. The number of carbonyl (C=O) groups is 2. The minimum absolute atomic E-state index is 0.423. The van der Waals surface area contributed by atoms with Crippen molar-refractivity contribution in [2.24, 2.45) is 0 Å². The number of piperidine rings is 1. The van der Waals surface area contributed by atoms with Crippen molar-refractivity contribution >= 4 is 17.6 Å². The van der Waals surface area contributed by atoms with Gasteiger partial charge in [0.15, 0.2) is 6.04 Å². The lowest BCUT2D eigenvalue weighted by Crippen LogP contribution is -2.48. The quantitative estimate of drug-likeness (QED) is 0.544. The van der Waals surface area contributed by atoms with E-state index in [-0.39, 0.29) is 0 Å². The fourth-order valence-electron chi connectivity index (χ4n) is 4.94. The predicted octanol–water partition coefficient (Wildman–Crippen LogP) is 2.56. The SMILES string of the molecule is COC(=O)[C@@H](NC(=O)c1ccc(N2CCC(c3ccc(CN4CCOCC4)cc3)CC2)cc1)[C@@H](C)O. The summed E-state index contributed by atoms with van der Waals surface area (Å²) < 4.78 is 10.1. The maximum absolute atomic E-state index is 12.6. The van der Waals surface area contributed by atoms with Gasteiger partial charge < -0.3 is 24.8 Å². The summed E-state index contributed by atoms with van der Waals surface area (Å²) in [5.74, 6) is -0.544. The highest BCUT2D eigenvalue weighted by atomic mass is 16.5. The van der Waals surface area contributed by atoms with E-state index in [1.165, 1.54) is 25.2 Å². The molecule has 0 radical (unpaired) electrons. The second kappa shape index (κ2) is 12.3. The molecule has 2 atom stereocenters. The number of hydrogen-bond donors (Lipinski definition) is 2. The van der Waals surface area contributed by atoms with E-state index in [2.05, 4.69) is 44.1 Å². The van der Waals surface area contributed by atoms with Crippen LogP contribution in [0.3, 0.4) is 0 Å². The van der Waals surface area contributed by atoms with Crippen LogP contribution in [-0.2, 0) is 20.8 Å². The number of aliphatic hydroxyl groups excluding tert-OH is 1. The minimum Gasteiger partial charge on any atom is -0.467 e. The van der Waals surface area contributed by atoms with Crippen LogP contribution in [0.5, 0.6) is 0 Å². The van der Waals surface area contributed by atoms with Crippen LogP contribution in [-0.4, -0.2) is 80.5 Å². The van der Waals surface area contributed by atoms with Gasteiger partial charge in [-0.05, 0) is 61.1 Å². The maximum Gasteiger partial charge on any atom is 0.331 e. The molecule has 2 heterocycles. The molecule has 2 aromatic carbocycles. The summed E-state index contributed by atoms with van der Waals surface area (Å²) in [6, 6.07) is 15.4. The van der Waals surface area contributed by atoms with Crippen molar-refractivity contribution in [1.82, 2.24) is 10.2 Å². The Morgan fingerprint density at radius 3 is 2.25 bits per heavy atom. The fraction of sp³-hybridized carbons (Fsp3) is 0.500. The van der Waals surface area contributed by atoms with Crippen LogP contribution in [0.1, 0.15) is 47.2 Å². The van der Waals surface area contributed by atoms with Gasteiger partial charge in [-0.15, -0.1) is 0 Å². The van der Waals surface area contributed by atoms with Crippen LogP contribution >= 0.6 is 0 Å². The van der Waals surface area contributed by atoms with E-state index in [4.69, 9.17) is 4.74 Å². The Labute approximate surface area is 213 Å². The van der Waals surface area contributed by atoms with Crippen LogP contribution in [0.4, 0.5) is 5.69 Å². The number of benzene rings is 2. The first-order chi connectivity index (χ1) is 17.4. The highest BCUT2D eigenvalue weighted by molar-refractivity contribution is 5.97. The highest BCUT2D eigenvalue weighted by Crippen LogP contribution is 2.31. The molecule has 4 rings (SSSR count). The molecule has 2 aliphatic heterocycles. The first-order valence-corrected chi connectivity index (χ1v) is 12.8. The molecular formula is C28H37N3O5. The first kappa shape index (κ1) is 26.1. The molecule has 0 bridgehead atoms. The van der Waals surface area contributed by atoms with Gasteiger partial charge in [-0.25, -0.2) is 4.79 Å². The van der Waals surface area contributed by atoms with Crippen molar-refractivity contribution in [2.45, 2.75) is 44.4 Å². The molecule has 8 heteroatoms. The molecule has 0 spiro atoms. The summed E-state index contributed by atoms with van der Waals surface area (Å²) in [5.41, 5.74) is 4.27. The Hall–Kier alpha value is -2.94. The number of nitrogens with zero attached hydrogens (tertiary/aromatic N) is 2. The summed E-state index contributed by atoms with van der Waals surface area (Å²) in [7, 11) is 1.23. The predicted molar refractivity (Wildman–Crippen MR) is 138 cm³/mol. The maximum atomic E-state index is 12.6. The van der Waals surface area contributed by atoms with Gasteiger partial charge in [0.1, 0.15) is 0 Å². The molecule has 1 amide bonds. The zero-order valence-corrected chi connectivity index (χ0v) is 21.2. The van der Waals surface area contributed by atoms with Gasteiger partial charge in [0.2, 0.25) is 0 Å². The molecule has 0 aliphatic carbocycles. The van der Waals surface area contributed by atoms with E-state index in [1.54, 1.807) is 12.1 Å². The van der Waals surface area contributed by atoms with E-state index < -0.39 is 24.0 Å². The van der Waals surface area contributed by atoms with Crippen molar-refractivity contribution < 1.29 is 24.2 Å². The molecular weight excluding hydrogens is 458 g/mol. The Morgan fingerprint density at radius 1 is 1.03 bits per heavy atom. The van der Waals surface area contributed by atoms with Crippen LogP contribution in [0, 0.1) is 0 Å². The molecule has 0 aromatic heterocycles. The molecule has 0 unspecified atom stereocenters. The number of methoxy groups -OCH3 is 1. The highest BCUT2D eigenvalue weighted by Gasteiger charge is 2.27. The number of aliphatic hydroxyl groups is 1. The molecule has 0 saturated carbocycles. The number of ether oxygens (including phenoxy) is 2. The van der Waals surface area contributed by atoms with E-state index in [9.17, 15) is 14.7 Å². The Kier molecular flexibility index (Phi) is 8.96. The summed E-state index contributed by atoms with van der Waals surface area (Å²) in [6.07, 6.45) is 1.11. The zero-order chi connectivity index (χ0) is 25.5. The Morgan fingerprint density at radius 2 is 1.67 bits per heavy atom. The number of anilines is 1. The number of hydrogen-bond acceptors (Lipinski definition) is 7. The first-order valence-electron chi connectivity index (χ1n) is 12.8. The van der Waals surface area contributed by atoms with Crippen molar-refractivity contribution in [1.29, 1.82) is 0 Å². The van der Waals surface area contributed by atoms with Gasteiger partial charge >= 0.3 is 5.97 Å². The van der Waals surface area contributed by atoms with Crippen LogP contribution in [0.15, 0.2) is 48.5 Å². The van der Waals surface area contributed by atoms with Crippen molar-refractivity contribution in [3.63, 3.8) is 0 Å². The minimum atomic E-state index is -1.10. The van der Waals surface area contributed by atoms with E-state index in [0.29, 0.717) is 11.5 Å². The Bertz CT molecular complexity index is 995. The van der Waals surface area contributed by atoms with Crippen LogP contribution < -0.4 is 10.2 Å². The number of amides is 1. The van der Waals surface area contributed by atoms with E-state index >= 15 is 0 Å². The summed E-state index contributed by atoms with van der Waals surface area (Å²) >= 11 is 0. The number of morpholine rings is 1. The van der Waals surface area contributed by atoms with Crippen molar-refractivity contribution in [2.75, 3.05) is 51.4 Å². The van der Waals surface area contributed by atoms with E-state index in [1.807, 2.05) is 12.1 Å². The third-order valence-electron chi connectivity index (χ3n) is 7.17. The summed E-state index contributed by atoms with van der Waals surface area (Å²) in [6.45, 7) is 7.99. The number of carbonyl (C=O) groups excluding carboxylic acids is 2. The molecule has 2 N–H and O–H groups in total. The second-order valence-electron chi connectivity index (χ2n) is 9.65. The molecule has 36 heavy (non-hydrogen) atoms. The molecule has 194 valence electrons.